The number of hydrogen-bond acceptors (Lipinski definition) is 2. The van der Waals surface area contributed by atoms with Gasteiger partial charge in [0.1, 0.15) is 11.5 Å². The van der Waals surface area contributed by atoms with Crippen LogP contribution >= 0.6 is 0 Å². The molecule has 1 aliphatic heterocycles. The average Bonchev–Trinajstić information content (AvgIpc) is 3.69. The molecule has 2 nitrogen and oxygen atoms in total. The molecule has 2 heteroatoms. The van der Waals surface area contributed by atoms with Gasteiger partial charge in [-0.1, -0.05) is 134 Å². The number of anilines is 3. The Morgan fingerprint density at radius 1 is 0.400 bits per heavy atom. The minimum Gasteiger partial charge on any atom is -0.457 e. The first-order valence-corrected chi connectivity index (χ1v) is 25.3. The largest absolute Gasteiger partial charge is 0.457 e. The zero-order valence-corrected chi connectivity index (χ0v) is 40.2. The average molecular weight is 854 g/mol. The molecule has 6 aliphatic carbocycles. The Balaban J connectivity index is 0.984. The summed E-state index contributed by atoms with van der Waals surface area (Å²) >= 11 is 0. The highest BCUT2D eigenvalue weighted by molar-refractivity contribution is 5.84. The molecule has 0 radical (unpaired) electrons. The standard InChI is InChI=1S/C63H67NO/c1-58(2)25-27-60(5,6)51-34-43(19-22-48(51)58)41-13-11-15-45(32-41)64(46-16-12-14-42(33-46)44-20-23-49-52(35-44)61(7,8)28-26-59(49,3)4)47-21-24-55-53(36-47)63(50-17-9-10-18-54(50)65-55)56-30-39-29-40-31-57(63)62(56,37-39)38-40/h9-24,32-36,39-40,56-57H,25-31,37-38H2,1-8H3. The highest BCUT2D eigenvalue weighted by Crippen LogP contribution is 2.85. The van der Waals surface area contributed by atoms with E-state index in [4.69, 9.17) is 4.74 Å². The lowest BCUT2D eigenvalue weighted by atomic mass is 9.37. The number of fused-ring (bicyclic) bond motifs is 10. The molecule has 2 spiro atoms. The molecule has 7 aliphatic rings. The molecule has 0 amide bonds. The smallest absolute Gasteiger partial charge is 0.131 e. The molecule has 4 unspecified atom stereocenters. The van der Waals surface area contributed by atoms with E-state index < -0.39 is 0 Å². The van der Waals surface area contributed by atoms with Crippen LogP contribution in [0.2, 0.25) is 0 Å². The van der Waals surface area contributed by atoms with Gasteiger partial charge in [0.15, 0.2) is 0 Å². The first kappa shape index (κ1) is 40.2. The van der Waals surface area contributed by atoms with Crippen molar-refractivity contribution in [2.45, 2.75) is 140 Å². The molecule has 6 aromatic rings. The molecule has 4 saturated carbocycles. The normalized spacial score (nSPS) is 29.4. The summed E-state index contributed by atoms with van der Waals surface area (Å²) in [5.41, 5.74) is 18.8. The Bertz CT molecular complexity index is 2810. The Kier molecular flexibility index (Phi) is 8.23. The molecule has 13 rings (SSSR count). The summed E-state index contributed by atoms with van der Waals surface area (Å²) in [7, 11) is 0. The summed E-state index contributed by atoms with van der Waals surface area (Å²) in [5.74, 6) is 5.26. The van der Waals surface area contributed by atoms with Gasteiger partial charge in [0.25, 0.3) is 0 Å². The lowest BCUT2D eigenvalue weighted by molar-refractivity contribution is -0.0882. The zero-order chi connectivity index (χ0) is 44.5. The number of rotatable bonds is 5. The van der Waals surface area contributed by atoms with Gasteiger partial charge < -0.3 is 9.64 Å². The van der Waals surface area contributed by atoms with Crippen molar-refractivity contribution in [3.05, 3.63) is 161 Å². The van der Waals surface area contributed by atoms with E-state index in [9.17, 15) is 0 Å². The van der Waals surface area contributed by atoms with Crippen molar-refractivity contribution in [2.24, 2.45) is 29.1 Å². The van der Waals surface area contributed by atoms with Crippen LogP contribution in [0.25, 0.3) is 22.3 Å². The van der Waals surface area contributed by atoms with Crippen LogP contribution in [0.3, 0.4) is 0 Å². The minimum absolute atomic E-state index is 0.00705. The van der Waals surface area contributed by atoms with Gasteiger partial charge in [-0.25, -0.2) is 0 Å². The summed E-state index contributed by atoms with van der Waals surface area (Å²) < 4.78 is 6.98. The molecule has 4 atom stereocenters. The third-order valence-electron chi connectivity index (χ3n) is 19.4. The van der Waals surface area contributed by atoms with Crippen LogP contribution in [0.5, 0.6) is 11.5 Å². The maximum atomic E-state index is 6.98. The van der Waals surface area contributed by atoms with Crippen molar-refractivity contribution >= 4 is 17.1 Å². The first-order chi connectivity index (χ1) is 31.1. The van der Waals surface area contributed by atoms with E-state index in [1.807, 2.05) is 0 Å². The van der Waals surface area contributed by atoms with E-state index in [1.165, 1.54) is 130 Å². The SMILES string of the molecule is CC1(C)CCC(C)(C)c2cc(-c3cccc(N(c4cccc(-c5ccc6c(c5)C(C)(C)CCC6(C)C)c4)c4ccc5c(c4)C4(c6ccccc6O5)C5CC6CC7CC4C5(C6)C7)c3)ccc21. The van der Waals surface area contributed by atoms with Gasteiger partial charge in [0.05, 0.1) is 0 Å². The second-order valence-electron chi connectivity index (χ2n) is 24.8. The molecule has 6 aromatic carbocycles. The number of hydrogen-bond donors (Lipinski definition) is 0. The number of ether oxygens (including phenoxy) is 1. The molecule has 0 N–H and O–H groups in total. The molecule has 0 aromatic heterocycles. The summed E-state index contributed by atoms with van der Waals surface area (Å²) in [5, 5.41) is 0. The van der Waals surface area contributed by atoms with Gasteiger partial charge in [-0.15, -0.1) is 0 Å². The first-order valence-electron chi connectivity index (χ1n) is 25.3. The van der Waals surface area contributed by atoms with Gasteiger partial charge in [-0.2, -0.15) is 0 Å². The fourth-order valence-electron chi connectivity index (χ4n) is 16.1. The van der Waals surface area contributed by atoms with Crippen molar-refractivity contribution in [1.29, 1.82) is 0 Å². The molecule has 0 saturated heterocycles. The maximum Gasteiger partial charge on any atom is 0.131 e. The predicted molar refractivity (Wildman–Crippen MR) is 269 cm³/mol. The van der Waals surface area contributed by atoms with Crippen LogP contribution in [0.4, 0.5) is 17.1 Å². The Labute approximate surface area is 388 Å². The lowest BCUT2D eigenvalue weighted by Crippen LogP contribution is -2.64. The topological polar surface area (TPSA) is 12.5 Å². The van der Waals surface area contributed by atoms with E-state index in [-0.39, 0.29) is 27.1 Å². The van der Waals surface area contributed by atoms with Crippen molar-refractivity contribution in [3.63, 3.8) is 0 Å². The molecular formula is C63H67NO. The summed E-state index contributed by atoms with van der Waals surface area (Å²) in [6, 6.07) is 49.9. The lowest BCUT2D eigenvalue weighted by Gasteiger charge is -2.66. The van der Waals surface area contributed by atoms with Crippen LogP contribution in [0.15, 0.2) is 127 Å². The second-order valence-corrected chi connectivity index (χ2v) is 24.8. The van der Waals surface area contributed by atoms with Gasteiger partial charge in [0.2, 0.25) is 0 Å². The fourth-order valence-corrected chi connectivity index (χ4v) is 16.1. The predicted octanol–water partition coefficient (Wildman–Crippen LogP) is 17.0. The molecular weight excluding hydrogens is 787 g/mol. The summed E-state index contributed by atoms with van der Waals surface area (Å²) in [4.78, 5) is 2.56. The fraction of sp³-hybridized carbons (Fsp3) is 0.429. The number of para-hydroxylation sites is 1. The monoisotopic (exact) mass is 854 g/mol. The van der Waals surface area contributed by atoms with Gasteiger partial charge >= 0.3 is 0 Å². The van der Waals surface area contributed by atoms with E-state index >= 15 is 0 Å². The van der Waals surface area contributed by atoms with Crippen molar-refractivity contribution < 1.29 is 4.74 Å². The molecule has 1 heterocycles. The van der Waals surface area contributed by atoms with Crippen LogP contribution < -0.4 is 9.64 Å². The summed E-state index contributed by atoms with van der Waals surface area (Å²) in [6.07, 6.45) is 11.9. The molecule has 65 heavy (non-hydrogen) atoms. The van der Waals surface area contributed by atoms with Crippen molar-refractivity contribution in [1.82, 2.24) is 0 Å². The van der Waals surface area contributed by atoms with Gasteiger partial charge in [0, 0.05) is 33.6 Å². The van der Waals surface area contributed by atoms with E-state index in [0.29, 0.717) is 17.3 Å². The summed E-state index contributed by atoms with van der Waals surface area (Å²) in [6.45, 7) is 19.5. The second kappa shape index (κ2) is 13.3. The highest BCUT2D eigenvalue weighted by Gasteiger charge is 2.79. The quantitative estimate of drug-likeness (QED) is 0.171. The van der Waals surface area contributed by atoms with Gasteiger partial charge in [-0.3, -0.25) is 0 Å². The van der Waals surface area contributed by atoms with E-state index in [2.05, 4.69) is 188 Å². The van der Waals surface area contributed by atoms with Gasteiger partial charge in [-0.05, 0) is 202 Å². The van der Waals surface area contributed by atoms with Crippen LogP contribution in [-0.2, 0) is 27.1 Å². The molecule has 3 bridgehead atoms. The van der Waals surface area contributed by atoms with Crippen LogP contribution in [-0.4, -0.2) is 0 Å². The third-order valence-corrected chi connectivity index (χ3v) is 19.4. The zero-order valence-electron chi connectivity index (χ0n) is 40.2. The number of nitrogens with zero attached hydrogens (tertiary/aromatic N) is 1. The van der Waals surface area contributed by atoms with E-state index in [1.54, 1.807) is 0 Å². The van der Waals surface area contributed by atoms with Crippen LogP contribution in [0, 0.1) is 29.1 Å². The number of benzene rings is 6. The molecule has 330 valence electrons. The highest BCUT2D eigenvalue weighted by atomic mass is 16.5. The van der Waals surface area contributed by atoms with Crippen molar-refractivity contribution in [3.8, 4) is 33.8 Å². The molecule has 4 fully saturated rings. The minimum atomic E-state index is -0.00705. The van der Waals surface area contributed by atoms with Crippen LogP contribution in [0.1, 0.15) is 147 Å². The Hall–Kier alpha value is -5.08. The Morgan fingerprint density at radius 2 is 0.877 bits per heavy atom. The van der Waals surface area contributed by atoms with Crippen molar-refractivity contribution in [2.75, 3.05) is 4.90 Å². The Morgan fingerprint density at radius 3 is 1.43 bits per heavy atom. The van der Waals surface area contributed by atoms with E-state index in [0.717, 1.165) is 23.3 Å². The maximum absolute atomic E-state index is 6.98. The third kappa shape index (κ3) is 5.58.